The molecule has 0 bridgehead atoms. The van der Waals surface area contributed by atoms with Gasteiger partial charge in [0.05, 0.1) is 6.10 Å². The topological polar surface area (TPSA) is 49.8 Å². The third-order valence-corrected chi connectivity index (χ3v) is 2.94. The highest BCUT2D eigenvalue weighted by Crippen LogP contribution is 2.26. The van der Waals surface area contributed by atoms with E-state index in [4.69, 9.17) is 4.74 Å². The summed E-state index contributed by atoms with van der Waals surface area (Å²) < 4.78 is 18.5. The number of benzene rings is 1. The van der Waals surface area contributed by atoms with Crippen LogP contribution in [0, 0.1) is 5.82 Å². The lowest BCUT2D eigenvalue weighted by atomic mass is 10.1. The Morgan fingerprint density at radius 3 is 2.58 bits per heavy atom. The zero-order chi connectivity index (χ0) is 14.6. The smallest absolute Gasteiger partial charge is 0.260 e. The summed E-state index contributed by atoms with van der Waals surface area (Å²) in [4.78, 5) is 13.3. The number of ether oxygens (including phenoxy) is 1. The molecule has 1 aromatic rings. The molecule has 4 nitrogen and oxygen atoms in total. The van der Waals surface area contributed by atoms with E-state index in [9.17, 15) is 14.3 Å². The number of carbonyl (C=O) groups excluding carboxylic acids is 1. The third-order valence-electron chi connectivity index (χ3n) is 2.94. The summed E-state index contributed by atoms with van der Waals surface area (Å²) >= 11 is 0. The number of halogens is 1. The molecule has 5 heteroatoms. The molecular formula is C14H20FNO3. The monoisotopic (exact) mass is 269 g/mol. The lowest BCUT2D eigenvalue weighted by molar-refractivity contribution is -0.133. The number of likely N-dealkylation sites (N-methyl/N-ethyl adjacent to an activating group) is 1. The fourth-order valence-electron chi connectivity index (χ4n) is 1.51. The van der Waals surface area contributed by atoms with Crippen LogP contribution in [-0.2, 0) is 4.79 Å². The molecule has 106 valence electrons. The first-order valence-electron chi connectivity index (χ1n) is 6.19. The predicted octanol–water partition coefficient (Wildman–Crippen LogP) is 2.12. The SMILES string of the molecule is CC(C)N(C)C(=O)COc1cc(F)ccc1[C@H](C)O. The van der Waals surface area contributed by atoms with Crippen molar-refractivity contribution in [3.05, 3.63) is 29.6 Å². The second kappa shape index (κ2) is 6.52. The number of aliphatic hydroxyl groups is 1. The second-order valence-corrected chi connectivity index (χ2v) is 4.75. The van der Waals surface area contributed by atoms with Crippen molar-refractivity contribution in [2.45, 2.75) is 32.9 Å². The second-order valence-electron chi connectivity index (χ2n) is 4.75. The molecule has 0 aromatic heterocycles. The van der Waals surface area contributed by atoms with Gasteiger partial charge in [-0.2, -0.15) is 0 Å². The van der Waals surface area contributed by atoms with Crippen molar-refractivity contribution in [3.8, 4) is 5.75 Å². The van der Waals surface area contributed by atoms with Gasteiger partial charge in [-0.3, -0.25) is 4.79 Å². The molecule has 0 saturated heterocycles. The summed E-state index contributed by atoms with van der Waals surface area (Å²) in [6, 6.07) is 3.94. The maximum absolute atomic E-state index is 13.2. The molecule has 0 heterocycles. The Morgan fingerprint density at radius 1 is 1.42 bits per heavy atom. The van der Waals surface area contributed by atoms with Gasteiger partial charge in [0.25, 0.3) is 5.91 Å². The van der Waals surface area contributed by atoms with E-state index in [1.54, 1.807) is 18.9 Å². The van der Waals surface area contributed by atoms with Crippen LogP contribution in [-0.4, -0.2) is 35.6 Å². The van der Waals surface area contributed by atoms with Gasteiger partial charge >= 0.3 is 0 Å². The molecule has 0 aliphatic carbocycles. The lowest BCUT2D eigenvalue weighted by Crippen LogP contribution is -2.36. The Kier molecular flexibility index (Phi) is 5.30. The highest BCUT2D eigenvalue weighted by atomic mass is 19.1. The molecule has 1 aromatic carbocycles. The van der Waals surface area contributed by atoms with Crippen molar-refractivity contribution in [1.82, 2.24) is 4.90 Å². The summed E-state index contributed by atoms with van der Waals surface area (Å²) in [5.41, 5.74) is 0.460. The number of hydrogen-bond acceptors (Lipinski definition) is 3. The minimum atomic E-state index is -0.784. The van der Waals surface area contributed by atoms with Crippen molar-refractivity contribution < 1.29 is 19.0 Å². The molecule has 0 radical (unpaired) electrons. The van der Waals surface area contributed by atoms with Gasteiger partial charge in [0.2, 0.25) is 0 Å². The summed E-state index contributed by atoms with van der Waals surface area (Å²) in [5.74, 6) is -0.472. The maximum atomic E-state index is 13.2. The van der Waals surface area contributed by atoms with Gasteiger partial charge < -0.3 is 14.7 Å². The summed E-state index contributed by atoms with van der Waals surface area (Å²) in [6.45, 7) is 5.16. The lowest BCUT2D eigenvalue weighted by Gasteiger charge is -2.22. The molecule has 0 spiro atoms. The fraction of sp³-hybridized carbons (Fsp3) is 0.500. The van der Waals surface area contributed by atoms with Crippen LogP contribution in [0.5, 0.6) is 5.75 Å². The normalized spacial score (nSPS) is 12.4. The Balaban J connectivity index is 2.77. The molecule has 0 aliphatic heterocycles. The van der Waals surface area contributed by atoms with E-state index < -0.39 is 11.9 Å². The van der Waals surface area contributed by atoms with Crippen LogP contribution in [0.25, 0.3) is 0 Å². The molecule has 0 fully saturated rings. The Morgan fingerprint density at radius 2 is 2.05 bits per heavy atom. The van der Waals surface area contributed by atoms with E-state index in [0.29, 0.717) is 5.56 Å². The molecule has 1 atom stereocenters. The van der Waals surface area contributed by atoms with Gasteiger partial charge in [0, 0.05) is 24.7 Å². The van der Waals surface area contributed by atoms with Crippen molar-refractivity contribution in [3.63, 3.8) is 0 Å². The summed E-state index contributed by atoms with van der Waals surface area (Å²) in [5, 5.41) is 9.56. The van der Waals surface area contributed by atoms with Gasteiger partial charge in [0.15, 0.2) is 6.61 Å². The van der Waals surface area contributed by atoms with Gasteiger partial charge in [-0.15, -0.1) is 0 Å². The molecule has 19 heavy (non-hydrogen) atoms. The van der Waals surface area contributed by atoms with Crippen LogP contribution in [0.3, 0.4) is 0 Å². The van der Waals surface area contributed by atoms with Crippen LogP contribution in [0.4, 0.5) is 4.39 Å². The highest BCUT2D eigenvalue weighted by molar-refractivity contribution is 5.77. The molecular weight excluding hydrogens is 249 g/mol. The first-order chi connectivity index (χ1) is 8.82. The average molecular weight is 269 g/mol. The molecule has 1 N–H and O–H groups in total. The zero-order valence-electron chi connectivity index (χ0n) is 11.7. The van der Waals surface area contributed by atoms with Crippen LogP contribution >= 0.6 is 0 Å². The van der Waals surface area contributed by atoms with Crippen LogP contribution in [0.15, 0.2) is 18.2 Å². The molecule has 1 amide bonds. The number of hydrogen-bond donors (Lipinski definition) is 1. The molecule has 0 unspecified atom stereocenters. The van der Waals surface area contributed by atoms with E-state index in [2.05, 4.69) is 0 Å². The van der Waals surface area contributed by atoms with Crippen LogP contribution in [0.1, 0.15) is 32.4 Å². The van der Waals surface area contributed by atoms with Crippen LogP contribution in [0.2, 0.25) is 0 Å². The fourth-order valence-corrected chi connectivity index (χ4v) is 1.51. The predicted molar refractivity (Wildman–Crippen MR) is 70.4 cm³/mol. The largest absolute Gasteiger partial charge is 0.483 e. The molecule has 0 saturated carbocycles. The van der Waals surface area contributed by atoms with E-state index in [0.717, 1.165) is 0 Å². The highest BCUT2D eigenvalue weighted by Gasteiger charge is 2.15. The summed E-state index contributed by atoms with van der Waals surface area (Å²) in [6.07, 6.45) is -0.784. The van der Waals surface area contributed by atoms with Gasteiger partial charge in [-0.1, -0.05) is 0 Å². The van der Waals surface area contributed by atoms with E-state index in [1.807, 2.05) is 13.8 Å². The van der Waals surface area contributed by atoms with Gasteiger partial charge in [-0.05, 0) is 32.9 Å². The quantitative estimate of drug-likeness (QED) is 0.890. The maximum Gasteiger partial charge on any atom is 0.260 e. The Labute approximate surface area is 112 Å². The van der Waals surface area contributed by atoms with E-state index >= 15 is 0 Å². The van der Waals surface area contributed by atoms with Gasteiger partial charge in [0.1, 0.15) is 11.6 Å². The van der Waals surface area contributed by atoms with Crippen molar-refractivity contribution in [1.29, 1.82) is 0 Å². The Hall–Kier alpha value is -1.62. The number of amides is 1. The minimum Gasteiger partial charge on any atom is -0.483 e. The standard InChI is InChI=1S/C14H20FNO3/c1-9(2)16(4)14(18)8-19-13-7-11(15)5-6-12(13)10(3)17/h5-7,9-10,17H,8H2,1-4H3/t10-/m0/s1. The van der Waals surface area contributed by atoms with Crippen molar-refractivity contribution in [2.24, 2.45) is 0 Å². The first-order valence-corrected chi connectivity index (χ1v) is 6.19. The summed E-state index contributed by atoms with van der Waals surface area (Å²) in [7, 11) is 1.68. The number of nitrogens with zero attached hydrogens (tertiary/aromatic N) is 1. The first kappa shape index (κ1) is 15.4. The van der Waals surface area contributed by atoms with Crippen molar-refractivity contribution >= 4 is 5.91 Å². The number of aliphatic hydroxyl groups excluding tert-OH is 1. The van der Waals surface area contributed by atoms with Crippen molar-refractivity contribution in [2.75, 3.05) is 13.7 Å². The molecule has 0 aliphatic rings. The Bertz CT molecular complexity index is 446. The average Bonchev–Trinajstić information content (AvgIpc) is 2.34. The molecule has 1 rings (SSSR count). The van der Waals surface area contributed by atoms with Crippen LogP contribution < -0.4 is 4.74 Å². The minimum absolute atomic E-state index is 0.0693. The number of carbonyl (C=O) groups is 1. The van der Waals surface area contributed by atoms with E-state index in [1.165, 1.54) is 18.2 Å². The van der Waals surface area contributed by atoms with E-state index in [-0.39, 0.29) is 24.3 Å². The number of rotatable bonds is 5. The zero-order valence-corrected chi connectivity index (χ0v) is 11.7. The van der Waals surface area contributed by atoms with Gasteiger partial charge in [-0.25, -0.2) is 4.39 Å². The third kappa shape index (κ3) is 4.21.